The van der Waals surface area contributed by atoms with Gasteiger partial charge in [-0.15, -0.1) is 0 Å². The molecule has 0 aliphatic rings. The van der Waals surface area contributed by atoms with Crippen LogP contribution in [0.2, 0.25) is 0 Å². The lowest BCUT2D eigenvalue weighted by atomic mass is 9.95. The molecule has 0 amide bonds. The zero-order valence-corrected chi connectivity index (χ0v) is 13.1. The van der Waals surface area contributed by atoms with E-state index in [9.17, 15) is 4.39 Å². The maximum Gasteiger partial charge on any atom is 0.123 e. The van der Waals surface area contributed by atoms with Crippen LogP contribution in [0.25, 0.3) is 0 Å². The topological polar surface area (TPSA) is 12.0 Å². The lowest BCUT2D eigenvalue weighted by Gasteiger charge is -2.20. The number of hydrogen-bond donors (Lipinski definition) is 1. The van der Waals surface area contributed by atoms with Gasteiger partial charge in [-0.25, -0.2) is 4.39 Å². The molecule has 0 aromatic heterocycles. The lowest BCUT2D eigenvalue weighted by Crippen LogP contribution is -2.23. The number of nitrogens with one attached hydrogen (secondary N) is 1. The maximum atomic E-state index is 13.5. The van der Waals surface area contributed by atoms with Crippen molar-refractivity contribution >= 4 is 0 Å². The fourth-order valence-electron chi connectivity index (χ4n) is 2.48. The van der Waals surface area contributed by atoms with E-state index in [4.69, 9.17) is 0 Å². The zero-order valence-electron chi connectivity index (χ0n) is 13.1. The molecule has 2 heteroatoms. The van der Waals surface area contributed by atoms with Gasteiger partial charge in [0.1, 0.15) is 5.82 Å². The third-order valence-corrected chi connectivity index (χ3v) is 3.72. The highest BCUT2D eigenvalue weighted by molar-refractivity contribution is 5.34. The van der Waals surface area contributed by atoms with Gasteiger partial charge < -0.3 is 5.32 Å². The third kappa shape index (κ3) is 4.15. The second-order valence-electron chi connectivity index (χ2n) is 5.76. The maximum absolute atomic E-state index is 13.5. The Morgan fingerprint density at radius 2 is 1.62 bits per heavy atom. The Morgan fingerprint density at radius 1 is 0.952 bits per heavy atom. The van der Waals surface area contributed by atoms with Crippen LogP contribution < -0.4 is 5.32 Å². The van der Waals surface area contributed by atoms with E-state index >= 15 is 0 Å². The van der Waals surface area contributed by atoms with Gasteiger partial charge in [-0.3, -0.25) is 0 Å². The van der Waals surface area contributed by atoms with Gasteiger partial charge in [-0.05, 0) is 47.7 Å². The largest absolute Gasteiger partial charge is 0.306 e. The van der Waals surface area contributed by atoms with Crippen molar-refractivity contribution in [3.05, 3.63) is 71.0 Å². The van der Waals surface area contributed by atoms with E-state index in [0.29, 0.717) is 5.92 Å². The van der Waals surface area contributed by atoms with Crippen molar-refractivity contribution in [2.75, 3.05) is 6.54 Å². The predicted octanol–water partition coefficient (Wildman–Crippen LogP) is 5.04. The average Bonchev–Trinajstić information content (AvgIpc) is 2.48. The van der Waals surface area contributed by atoms with Crippen LogP contribution >= 0.6 is 0 Å². The van der Waals surface area contributed by atoms with E-state index in [0.717, 1.165) is 18.5 Å². The van der Waals surface area contributed by atoms with Crippen molar-refractivity contribution in [1.82, 2.24) is 5.32 Å². The minimum absolute atomic E-state index is 0.0434. The summed E-state index contributed by atoms with van der Waals surface area (Å²) in [6.07, 6.45) is 1.05. The molecule has 0 heterocycles. The molecule has 112 valence electrons. The molecule has 0 saturated carbocycles. The third-order valence-electron chi connectivity index (χ3n) is 3.72. The first-order valence-electron chi connectivity index (χ1n) is 7.70. The number of benzene rings is 2. The predicted molar refractivity (Wildman–Crippen MR) is 87.1 cm³/mol. The Kier molecular flexibility index (Phi) is 5.51. The molecule has 0 aliphatic heterocycles. The molecule has 1 N–H and O–H groups in total. The van der Waals surface area contributed by atoms with Crippen LogP contribution in [0.3, 0.4) is 0 Å². The molecule has 2 aromatic carbocycles. The van der Waals surface area contributed by atoms with Crippen molar-refractivity contribution in [2.24, 2.45) is 0 Å². The normalized spacial score (nSPS) is 12.6. The van der Waals surface area contributed by atoms with Gasteiger partial charge in [0.2, 0.25) is 0 Å². The van der Waals surface area contributed by atoms with E-state index in [-0.39, 0.29) is 11.9 Å². The summed E-state index contributed by atoms with van der Waals surface area (Å²) in [5.74, 6) is 0.338. The van der Waals surface area contributed by atoms with Crippen LogP contribution in [-0.4, -0.2) is 6.54 Å². The first-order valence-corrected chi connectivity index (χ1v) is 7.70. The van der Waals surface area contributed by atoms with Crippen molar-refractivity contribution in [2.45, 2.75) is 39.2 Å². The molecule has 1 unspecified atom stereocenters. The molecular formula is C19H24FN. The molecule has 1 nitrogen and oxygen atoms in total. The quantitative estimate of drug-likeness (QED) is 0.784. The summed E-state index contributed by atoms with van der Waals surface area (Å²) in [6.45, 7) is 7.42. The Balaban J connectivity index is 2.31. The average molecular weight is 285 g/mol. The van der Waals surface area contributed by atoms with E-state index in [2.05, 4.69) is 50.4 Å². The minimum atomic E-state index is -0.186. The van der Waals surface area contributed by atoms with Gasteiger partial charge in [-0.2, -0.15) is 0 Å². The number of rotatable bonds is 6. The number of halogens is 1. The zero-order chi connectivity index (χ0) is 15.2. The van der Waals surface area contributed by atoms with Gasteiger partial charge in [-0.1, -0.05) is 57.2 Å². The van der Waals surface area contributed by atoms with Crippen molar-refractivity contribution in [1.29, 1.82) is 0 Å². The summed E-state index contributed by atoms with van der Waals surface area (Å²) in [5, 5.41) is 3.51. The highest BCUT2D eigenvalue weighted by Gasteiger charge is 2.14. The van der Waals surface area contributed by atoms with Crippen molar-refractivity contribution in [3.8, 4) is 0 Å². The van der Waals surface area contributed by atoms with Gasteiger partial charge in [0.15, 0.2) is 0 Å². The van der Waals surface area contributed by atoms with Crippen LogP contribution in [0.15, 0.2) is 48.5 Å². The summed E-state index contributed by atoms with van der Waals surface area (Å²) >= 11 is 0. The highest BCUT2D eigenvalue weighted by Crippen LogP contribution is 2.24. The van der Waals surface area contributed by atoms with Crippen LogP contribution in [-0.2, 0) is 0 Å². The molecule has 21 heavy (non-hydrogen) atoms. The Hall–Kier alpha value is -1.67. The molecule has 1 atom stereocenters. The second-order valence-corrected chi connectivity index (χ2v) is 5.76. The van der Waals surface area contributed by atoms with Crippen LogP contribution in [0.4, 0.5) is 4.39 Å². The summed E-state index contributed by atoms with van der Waals surface area (Å²) < 4.78 is 13.5. The van der Waals surface area contributed by atoms with Gasteiger partial charge >= 0.3 is 0 Å². The summed E-state index contributed by atoms with van der Waals surface area (Å²) in [5.41, 5.74) is 3.48. The molecule has 2 rings (SSSR count). The van der Waals surface area contributed by atoms with Crippen LogP contribution in [0, 0.1) is 5.82 Å². The van der Waals surface area contributed by atoms with E-state index in [1.807, 2.05) is 6.07 Å². The molecule has 0 bridgehead atoms. The first-order chi connectivity index (χ1) is 10.1. The lowest BCUT2D eigenvalue weighted by molar-refractivity contribution is 0.585. The Bertz CT molecular complexity index is 560. The first kappa shape index (κ1) is 15.7. The molecular weight excluding hydrogens is 261 g/mol. The molecule has 0 fully saturated rings. The molecule has 0 aliphatic carbocycles. The van der Waals surface area contributed by atoms with Crippen LogP contribution in [0.1, 0.15) is 55.8 Å². The van der Waals surface area contributed by atoms with E-state index < -0.39 is 0 Å². The smallest absolute Gasteiger partial charge is 0.123 e. The SMILES string of the molecule is CCCNC(c1ccc(C(C)C)cc1)c1cccc(F)c1. The standard InChI is InChI=1S/C19H24FN/c1-4-12-21-19(17-6-5-7-18(20)13-17)16-10-8-15(9-11-16)14(2)3/h5-11,13-14,19,21H,4,12H2,1-3H3. The van der Waals surface area contributed by atoms with Gasteiger partial charge in [0, 0.05) is 0 Å². The van der Waals surface area contributed by atoms with Crippen molar-refractivity contribution < 1.29 is 4.39 Å². The fraction of sp³-hybridized carbons (Fsp3) is 0.368. The minimum Gasteiger partial charge on any atom is -0.306 e. The van der Waals surface area contributed by atoms with Gasteiger partial charge in [0.05, 0.1) is 6.04 Å². The van der Waals surface area contributed by atoms with Crippen molar-refractivity contribution in [3.63, 3.8) is 0 Å². The highest BCUT2D eigenvalue weighted by atomic mass is 19.1. The second kappa shape index (κ2) is 7.37. The molecule has 0 spiro atoms. The molecule has 0 radical (unpaired) electrons. The fourth-order valence-corrected chi connectivity index (χ4v) is 2.48. The van der Waals surface area contributed by atoms with Crippen LogP contribution in [0.5, 0.6) is 0 Å². The number of hydrogen-bond acceptors (Lipinski definition) is 1. The molecule has 0 saturated heterocycles. The molecule has 2 aromatic rings. The summed E-state index contributed by atoms with van der Waals surface area (Å²) in [6, 6.07) is 15.5. The summed E-state index contributed by atoms with van der Waals surface area (Å²) in [7, 11) is 0. The summed E-state index contributed by atoms with van der Waals surface area (Å²) in [4.78, 5) is 0. The Morgan fingerprint density at radius 3 is 2.19 bits per heavy atom. The van der Waals surface area contributed by atoms with E-state index in [1.54, 1.807) is 12.1 Å². The van der Waals surface area contributed by atoms with E-state index in [1.165, 1.54) is 17.2 Å². The Labute approximate surface area is 127 Å². The van der Waals surface area contributed by atoms with Gasteiger partial charge in [0.25, 0.3) is 0 Å². The monoisotopic (exact) mass is 285 g/mol.